The normalized spacial score (nSPS) is 14.2. The van der Waals surface area contributed by atoms with Crippen LogP contribution in [-0.2, 0) is 11.4 Å². The van der Waals surface area contributed by atoms with Gasteiger partial charge in [0.25, 0.3) is 0 Å². The van der Waals surface area contributed by atoms with Gasteiger partial charge in [-0.2, -0.15) is 5.26 Å². The molecule has 3 aromatic rings. The van der Waals surface area contributed by atoms with Crippen molar-refractivity contribution in [1.29, 1.82) is 5.26 Å². The molecule has 0 saturated carbocycles. The maximum absolute atomic E-state index is 11.0. The average Bonchev–Trinajstić information content (AvgIpc) is 3.17. The second-order valence-corrected chi connectivity index (χ2v) is 8.17. The van der Waals surface area contributed by atoms with E-state index in [1.807, 2.05) is 62.4 Å². The number of hydrogen-bond donors (Lipinski definition) is 1. The fourth-order valence-electron chi connectivity index (χ4n) is 4.29. The van der Waals surface area contributed by atoms with Crippen molar-refractivity contribution in [3.8, 4) is 34.4 Å². The lowest BCUT2D eigenvalue weighted by atomic mass is 9.94. The van der Waals surface area contributed by atoms with Gasteiger partial charge in [0.05, 0.1) is 13.0 Å². The topological polar surface area (TPSA) is 88.8 Å². The number of ether oxygens (including phenoxy) is 3. The molecule has 6 nitrogen and oxygen atoms in total. The highest BCUT2D eigenvalue weighted by atomic mass is 16.5. The first-order chi connectivity index (χ1) is 15.9. The summed E-state index contributed by atoms with van der Waals surface area (Å²) in [6, 6.07) is 19.7. The molecular formula is C27H25NO5. The van der Waals surface area contributed by atoms with Crippen molar-refractivity contribution < 1.29 is 24.1 Å². The monoisotopic (exact) mass is 443 g/mol. The molecule has 4 rings (SSSR count). The number of benzene rings is 3. The maximum Gasteiger partial charge on any atom is 0.304 e. The third-order valence-corrected chi connectivity index (χ3v) is 5.72. The number of carboxylic acid groups (broad SMARTS) is 1. The molecule has 1 unspecified atom stereocenters. The van der Waals surface area contributed by atoms with E-state index in [4.69, 9.17) is 24.6 Å². The van der Waals surface area contributed by atoms with Gasteiger partial charge in [0, 0.05) is 17.5 Å². The summed E-state index contributed by atoms with van der Waals surface area (Å²) in [6.07, 6.45) is 0.0598. The number of nitrogens with zero attached hydrogens (tertiary/aromatic N) is 1. The Hall–Kier alpha value is -3.98. The summed E-state index contributed by atoms with van der Waals surface area (Å²) < 4.78 is 17.1. The van der Waals surface area contributed by atoms with Crippen LogP contribution in [0.5, 0.6) is 17.2 Å². The molecule has 0 bridgehead atoms. The van der Waals surface area contributed by atoms with E-state index in [0.29, 0.717) is 30.5 Å². The highest BCUT2D eigenvalue weighted by Crippen LogP contribution is 2.38. The minimum atomic E-state index is -0.827. The fourth-order valence-corrected chi connectivity index (χ4v) is 4.29. The second kappa shape index (κ2) is 9.66. The molecule has 1 aliphatic heterocycles. The quantitative estimate of drug-likeness (QED) is 0.501. The van der Waals surface area contributed by atoms with Crippen LogP contribution in [0.2, 0.25) is 0 Å². The number of rotatable bonds is 8. The zero-order valence-corrected chi connectivity index (χ0v) is 18.6. The third-order valence-electron chi connectivity index (χ3n) is 5.72. The van der Waals surface area contributed by atoms with E-state index in [9.17, 15) is 4.79 Å². The molecule has 1 N–H and O–H groups in total. The van der Waals surface area contributed by atoms with Gasteiger partial charge >= 0.3 is 5.97 Å². The SMILES string of the molecule is Cc1cc(OCC#N)cc(C)c1-c1cccc(COc2ccc3c(c2)OCC3CC(=O)O)c1. The molecule has 168 valence electrons. The molecule has 0 saturated heterocycles. The number of aryl methyl sites for hydroxylation is 2. The Bertz CT molecular complexity index is 1200. The Labute approximate surface area is 193 Å². The van der Waals surface area contributed by atoms with Crippen LogP contribution in [0.1, 0.15) is 34.6 Å². The van der Waals surface area contributed by atoms with E-state index in [1.165, 1.54) is 0 Å². The average molecular weight is 443 g/mol. The standard InChI is InChI=1S/C27H25NO5/c1-17-10-23(31-9-8-28)11-18(2)27(17)20-5-3-4-19(12-20)15-32-22-6-7-24-21(13-26(29)30)16-33-25(24)14-22/h3-7,10-12,14,21H,9,13,15-16H2,1-2H3,(H,29,30). The Morgan fingerprint density at radius 3 is 2.61 bits per heavy atom. The lowest BCUT2D eigenvalue weighted by Crippen LogP contribution is -2.07. The summed E-state index contributed by atoms with van der Waals surface area (Å²) >= 11 is 0. The minimum absolute atomic E-state index is 0.0268. The smallest absolute Gasteiger partial charge is 0.304 e. The van der Waals surface area contributed by atoms with E-state index >= 15 is 0 Å². The van der Waals surface area contributed by atoms with Gasteiger partial charge in [-0.3, -0.25) is 4.79 Å². The van der Waals surface area contributed by atoms with E-state index in [2.05, 4.69) is 12.1 Å². The van der Waals surface area contributed by atoms with Crippen LogP contribution < -0.4 is 14.2 Å². The van der Waals surface area contributed by atoms with Crippen LogP contribution in [0.3, 0.4) is 0 Å². The largest absolute Gasteiger partial charge is 0.492 e. The van der Waals surface area contributed by atoms with Gasteiger partial charge in [0.1, 0.15) is 29.9 Å². The van der Waals surface area contributed by atoms with Crippen LogP contribution in [0, 0.1) is 25.2 Å². The first-order valence-corrected chi connectivity index (χ1v) is 10.8. The third kappa shape index (κ3) is 5.09. The van der Waals surface area contributed by atoms with E-state index < -0.39 is 5.97 Å². The Balaban J connectivity index is 1.48. The molecule has 1 atom stereocenters. The summed E-state index contributed by atoms with van der Waals surface area (Å²) in [4.78, 5) is 11.0. The predicted molar refractivity (Wildman–Crippen MR) is 124 cm³/mol. The lowest BCUT2D eigenvalue weighted by Gasteiger charge is -2.14. The van der Waals surface area contributed by atoms with Crippen LogP contribution in [0.15, 0.2) is 54.6 Å². The van der Waals surface area contributed by atoms with Crippen LogP contribution in [-0.4, -0.2) is 24.3 Å². The number of carboxylic acids is 1. The highest BCUT2D eigenvalue weighted by Gasteiger charge is 2.26. The molecule has 0 amide bonds. The number of nitriles is 1. The van der Waals surface area contributed by atoms with Crippen LogP contribution >= 0.6 is 0 Å². The molecule has 1 heterocycles. The van der Waals surface area contributed by atoms with Crippen molar-refractivity contribution in [3.05, 3.63) is 76.9 Å². The van der Waals surface area contributed by atoms with Gasteiger partial charge in [0.15, 0.2) is 6.61 Å². The van der Waals surface area contributed by atoms with Gasteiger partial charge in [-0.1, -0.05) is 24.3 Å². The fraction of sp³-hybridized carbons (Fsp3) is 0.259. The Morgan fingerprint density at radius 1 is 1.09 bits per heavy atom. The second-order valence-electron chi connectivity index (χ2n) is 8.17. The number of hydrogen-bond acceptors (Lipinski definition) is 5. The van der Waals surface area contributed by atoms with Crippen molar-refractivity contribution in [2.75, 3.05) is 13.2 Å². The summed E-state index contributed by atoms with van der Waals surface area (Å²) in [5.74, 6) is 1.12. The molecule has 1 aliphatic rings. The first-order valence-electron chi connectivity index (χ1n) is 10.8. The van der Waals surface area contributed by atoms with Gasteiger partial charge in [-0.05, 0) is 65.9 Å². The molecule has 33 heavy (non-hydrogen) atoms. The number of carbonyl (C=O) groups is 1. The molecule has 0 fully saturated rings. The van der Waals surface area contributed by atoms with Crippen molar-refractivity contribution in [1.82, 2.24) is 0 Å². The van der Waals surface area contributed by atoms with Gasteiger partial charge < -0.3 is 19.3 Å². The zero-order chi connectivity index (χ0) is 23.4. The van der Waals surface area contributed by atoms with Crippen molar-refractivity contribution in [3.63, 3.8) is 0 Å². The number of aliphatic carboxylic acids is 1. The Kier molecular flexibility index (Phi) is 6.50. The molecule has 6 heteroatoms. The highest BCUT2D eigenvalue weighted by molar-refractivity contribution is 5.72. The summed E-state index contributed by atoms with van der Waals surface area (Å²) in [5, 5.41) is 17.8. The molecule has 0 spiro atoms. The summed E-state index contributed by atoms with van der Waals surface area (Å²) in [7, 11) is 0. The first kappa shape index (κ1) is 22.2. The van der Waals surface area contributed by atoms with Gasteiger partial charge in [0.2, 0.25) is 0 Å². The van der Waals surface area contributed by atoms with Crippen molar-refractivity contribution in [2.24, 2.45) is 0 Å². The summed E-state index contributed by atoms with van der Waals surface area (Å²) in [5.41, 5.74) is 6.32. The van der Waals surface area contributed by atoms with Crippen molar-refractivity contribution >= 4 is 5.97 Å². The van der Waals surface area contributed by atoms with E-state index in [-0.39, 0.29) is 18.9 Å². The summed E-state index contributed by atoms with van der Waals surface area (Å²) in [6.45, 7) is 4.87. The molecule has 0 aliphatic carbocycles. The number of fused-ring (bicyclic) bond motifs is 1. The van der Waals surface area contributed by atoms with Crippen LogP contribution in [0.25, 0.3) is 11.1 Å². The lowest BCUT2D eigenvalue weighted by molar-refractivity contribution is -0.137. The maximum atomic E-state index is 11.0. The molecular weight excluding hydrogens is 418 g/mol. The molecule has 0 radical (unpaired) electrons. The van der Waals surface area contributed by atoms with E-state index in [0.717, 1.165) is 33.4 Å². The van der Waals surface area contributed by atoms with Gasteiger partial charge in [-0.15, -0.1) is 0 Å². The van der Waals surface area contributed by atoms with E-state index in [1.54, 1.807) is 0 Å². The predicted octanol–water partition coefficient (Wildman–Crippen LogP) is 5.40. The molecule has 3 aromatic carbocycles. The minimum Gasteiger partial charge on any atom is -0.492 e. The van der Waals surface area contributed by atoms with Gasteiger partial charge in [-0.25, -0.2) is 0 Å². The van der Waals surface area contributed by atoms with Crippen LogP contribution in [0.4, 0.5) is 0 Å². The van der Waals surface area contributed by atoms with Crippen molar-refractivity contribution in [2.45, 2.75) is 32.8 Å². The molecule has 0 aromatic heterocycles. The Morgan fingerprint density at radius 2 is 1.88 bits per heavy atom. The zero-order valence-electron chi connectivity index (χ0n) is 18.6.